The van der Waals surface area contributed by atoms with Crippen molar-refractivity contribution in [2.45, 2.75) is 19.3 Å². The van der Waals surface area contributed by atoms with E-state index in [1.807, 2.05) is 43.3 Å². The van der Waals surface area contributed by atoms with Crippen LogP contribution in [0.5, 0.6) is 5.75 Å². The number of rotatable bonds is 6. The van der Waals surface area contributed by atoms with E-state index >= 15 is 0 Å². The molecule has 0 heterocycles. The third kappa shape index (κ3) is 4.37. The van der Waals surface area contributed by atoms with Gasteiger partial charge in [0.2, 0.25) is 0 Å². The summed E-state index contributed by atoms with van der Waals surface area (Å²) in [6, 6.07) is 13.7. The van der Waals surface area contributed by atoms with Crippen LogP contribution < -0.4 is 10.5 Å². The normalized spacial score (nSPS) is 12.2. The molecular formula is C17H19Cl2NO. The summed E-state index contributed by atoms with van der Waals surface area (Å²) < 4.78 is 5.46. The molecule has 0 radical (unpaired) electrons. The van der Waals surface area contributed by atoms with Crippen LogP contribution in [0.4, 0.5) is 0 Å². The molecule has 0 aromatic heterocycles. The van der Waals surface area contributed by atoms with E-state index in [1.165, 1.54) is 5.56 Å². The van der Waals surface area contributed by atoms with Crippen molar-refractivity contribution >= 4 is 23.2 Å². The summed E-state index contributed by atoms with van der Waals surface area (Å²) >= 11 is 12.3. The summed E-state index contributed by atoms with van der Waals surface area (Å²) in [5.74, 6) is 0.915. The number of nitrogens with two attached hydrogens (primary N) is 1. The van der Waals surface area contributed by atoms with Gasteiger partial charge in [-0.2, -0.15) is 0 Å². The molecule has 2 aromatic carbocycles. The van der Waals surface area contributed by atoms with Gasteiger partial charge in [-0.3, -0.25) is 0 Å². The topological polar surface area (TPSA) is 35.2 Å². The molecule has 4 heteroatoms. The lowest BCUT2D eigenvalue weighted by Crippen LogP contribution is -2.15. The highest BCUT2D eigenvalue weighted by atomic mass is 35.5. The maximum atomic E-state index is 6.25. The van der Waals surface area contributed by atoms with Crippen molar-refractivity contribution in [3.8, 4) is 5.75 Å². The van der Waals surface area contributed by atoms with Crippen molar-refractivity contribution in [3.05, 3.63) is 63.6 Å². The van der Waals surface area contributed by atoms with Crippen LogP contribution in [-0.2, 0) is 6.42 Å². The second kappa shape index (κ2) is 7.69. The third-order valence-electron chi connectivity index (χ3n) is 3.38. The molecule has 2 nitrogen and oxygen atoms in total. The molecule has 2 rings (SSSR count). The van der Waals surface area contributed by atoms with E-state index in [0.29, 0.717) is 23.9 Å². The van der Waals surface area contributed by atoms with Crippen molar-refractivity contribution in [3.63, 3.8) is 0 Å². The minimum Gasteiger partial charge on any atom is -0.492 e. The number of hydrogen-bond donors (Lipinski definition) is 1. The van der Waals surface area contributed by atoms with Gasteiger partial charge < -0.3 is 10.5 Å². The zero-order valence-corrected chi connectivity index (χ0v) is 13.5. The molecule has 0 aliphatic carbocycles. The number of benzene rings is 2. The van der Waals surface area contributed by atoms with E-state index in [0.717, 1.165) is 17.0 Å². The van der Waals surface area contributed by atoms with Gasteiger partial charge in [0.05, 0.1) is 11.6 Å². The first kappa shape index (κ1) is 16.2. The minimum atomic E-state index is 0.205. The fraction of sp³-hybridized carbons (Fsp3) is 0.294. The maximum Gasteiger partial charge on any atom is 0.137 e. The van der Waals surface area contributed by atoms with Gasteiger partial charge in [-0.25, -0.2) is 0 Å². The Balaban J connectivity index is 2.19. The molecule has 0 saturated heterocycles. The highest BCUT2D eigenvalue weighted by Crippen LogP contribution is 2.30. The van der Waals surface area contributed by atoms with E-state index in [4.69, 9.17) is 33.7 Å². The largest absolute Gasteiger partial charge is 0.492 e. The first-order valence-corrected chi connectivity index (χ1v) is 7.76. The highest BCUT2D eigenvalue weighted by Gasteiger charge is 2.13. The van der Waals surface area contributed by atoms with Crippen molar-refractivity contribution < 1.29 is 4.74 Å². The molecule has 1 atom stereocenters. The predicted molar refractivity (Wildman–Crippen MR) is 89.6 cm³/mol. The molecule has 0 saturated carbocycles. The zero-order chi connectivity index (χ0) is 15.2. The quantitative estimate of drug-likeness (QED) is 0.837. The number of ether oxygens (including phenoxy) is 1. The molecule has 2 N–H and O–H groups in total. The molecule has 0 aliphatic rings. The van der Waals surface area contributed by atoms with Crippen molar-refractivity contribution in [1.29, 1.82) is 0 Å². The van der Waals surface area contributed by atoms with Gasteiger partial charge in [-0.1, -0.05) is 41.4 Å². The first-order valence-electron chi connectivity index (χ1n) is 7.00. The number of halogens is 2. The fourth-order valence-electron chi connectivity index (χ4n) is 2.33. The van der Waals surface area contributed by atoms with Crippen LogP contribution in [0.2, 0.25) is 10.0 Å². The van der Waals surface area contributed by atoms with Crippen LogP contribution in [0.1, 0.15) is 24.0 Å². The Kier molecular flexibility index (Phi) is 5.92. The Morgan fingerprint density at radius 3 is 2.57 bits per heavy atom. The summed E-state index contributed by atoms with van der Waals surface area (Å²) in [4.78, 5) is 0. The average Bonchev–Trinajstić information content (AvgIpc) is 2.47. The maximum absolute atomic E-state index is 6.25. The molecular weight excluding hydrogens is 305 g/mol. The lowest BCUT2D eigenvalue weighted by molar-refractivity contribution is 0.340. The molecule has 0 amide bonds. The van der Waals surface area contributed by atoms with E-state index in [-0.39, 0.29) is 5.92 Å². The second-order valence-corrected chi connectivity index (χ2v) is 5.73. The summed E-state index contributed by atoms with van der Waals surface area (Å²) in [5, 5.41) is 1.37. The van der Waals surface area contributed by atoms with Gasteiger partial charge in [0.15, 0.2) is 0 Å². The van der Waals surface area contributed by atoms with Gasteiger partial charge in [0.25, 0.3) is 0 Å². The zero-order valence-electron chi connectivity index (χ0n) is 12.0. The molecule has 1 unspecified atom stereocenters. The molecule has 0 spiro atoms. The Morgan fingerprint density at radius 1 is 1.14 bits per heavy atom. The molecule has 2 aromatic rings. The molecule has 0 bridgehead atoms. The SMILES string of the molecule is CCOc1ccc(C(CN)Cc2cccc(Cl)c2)cc1Cl. The minimum absolute atomic E-state index is 0.205. The van der Waals surface area contributed by atoms with Gasteiger partial charge >= 0.3 is 0 Å². The molecule has 21 heavy (non-hydrogen) atoms. The van der Waals surface area contributed by atoms with Crippen molar-refractivity contribution in [2.24, 2.45) is 5.73 Å². The Bertz CT molecular complexity index is 601. The van der Waals surface area contributed by atoms with E-state index in [9.17, 15) is 0 Å². The molecule has 0 fully saturated rings. The van der Waals surface area contributed by atoms with Crippen LogP contribution in [-0.4, -0.2) is 13.2 Å². The summed E-state index contributed by atoms with van der Waals surface area (Å²) in [5.41, 5.74) is 8.22. The molecule has 112 valence electrons. The van der Waals surface area contributed by atoms with Crippen LogP contribution in [0.25, 0.3) is 0 Å². The van der Waals surface area contributed by atoms with Gasteiger partial charge in [0, 0.05) is 10.9 Å². The van der Waals surface area contributed by atoms with Gasteiger partial charge in [-0.05, 0) is 55.3 Å². The lowest BCUT2D eigenvalue weighted by Gasteiger charge is -2.17. The van der Waals surface area contributed by atoms with Crippen molar-refractivity contribution in [2.75, 3.05) is 13.2 Å². The summed E-state index contributed by atoms with van der Waals surface area (Å²) in [7, 11) is 0. The summed E-state index contributed by atoms with van der Waals surface area (Å²) in [6.45, 7) is 3.09. The third-order valence-corrected chi connectivity index (χ3v) is 3.91. The highest BCUT2D eigenvalue weighted by molar-refractivity contribution is 6.32. The second-order valence-electron chi connectivity index (χ2n) is 4.89. The molecule has 0 aliphatic heterocycles. The Labute approximate surface area is 135 Å². The van der Waals surface area contributed by atoms with E-state index in [2.05, 4.69) is 6.07 Å². The lowest BCUT2D eigenvalue weighted by atomic mass is 9.92. The van der Waals surface area contributed by atoms with Crippen LogP contribution in [0, 0.1) is 0 Å². The van der Waals surface area contributed by atoms with Gasteiger partial charge in [0.1, 0.15) is 5.75 Å². The van der Waals surface area contributed by atoms with Crippen LogP contribution in [0.15, 0.2) is 42.5 Å². The van der Waals surface area contributed by atoms with Crippen LogP contribution >= 0.6 is 23.2 Å². The van der Waals surface area contributed by atoms with E-state index in [1.54, 1.807) is 0 Å². The standard InChI is InChI=1S/C17H19Cl2NO/c1-2-21-17-7-6-13(10-16(17)19)14(11-20)8-12-4-3-5-15(18)9-12/h3-7,9-10,14H,2,8,11,20H2,1H3. The number of hydrogen-bond acceptors (Lipinski definition) is 2. The average molecular weight is 324 g/mol. The Hall–Kier alpha value is -1.22. The summed E-state index contributed by atoms with van der Waals surface area (Å²) in [6.07, 6.45) is 0.835. The monoisotopic (exact) mass is 323 g/mol. The first-order chi connectivity index (χ1) is 10.1. The van der Waals surface area contributed by atoms with Crippen molar-refractivity contribution in [1.82, 2.24) is 0 Å². The fourth-order valence-corrected chi connectivity index (χ4v) is 2.79. The Morgan fingerprint density at radius 2 is 1.95 bits per heavy atom. The predicted octanol–water partition coefficient (Wildman–Crippen LogP) is 4.68. The van der Waals surface area contributed by atoms with Gasteiger partial charge in [-0.15, -0.1) is 0 Å². The van der Waals surface area contributed by atoms with Crippen LogP contribution in [0.3, 0.4) is 0 Å². The smallest absolute Gasteiger partial charge is 0.137 e. The van der Waals surface area contributed by atoms with E-state index < -0.39 is 0 Å².